The molecule has 1 amide bonds. The van der Waals surface area contributed by atoms with Crippen LogP contribution in [0, 0.1) is 0 Å². The molecule has 5 nitrogen and oxygen atoms in total. The summed E-state index contributed by atoms with van der Waals surface area (Å²) in [6.07, 6.45) is 6.28. The SMILES string of the molecule is CN(C(=O)Cn1cncn1)C1CCCc2ccccc21. The molecule has 0 saturated heterocycles. The van der Waals surface area contributed by atoms with Gasteiger partial charge >= 0.3 is 0 Å². The van der Waals surface area contributed by atoms with Crippen LogP contribution in [0.25, 0.3) is 0 Å². The van der Waals surface area contributed by atoms with Crippen LogP contribution in [0.15, 0.2) is 36.9 Å². The molecule has 1 heterocycles. The van der Waals surface area contributed by atoms with Crippen LogP contribution in [0.4, 0.5) is 0 Å². The monoisotopic (exact) mass is 270 g/mol. The molecule has 0 bridgehead atoms. The quantitative estimate of drug-likeness (QED) is 0.854. The van der Waals surface area contributed by atoms with E-state index in [0.717, 1.165) is 19.3 Å². The highest BCUT2D eigenvalue weighted by molar-refractivity contribution is 5.76. The molecule has 1 aliphatic rings. The predicted octanol–water partition coefficient (Wildman–Crippen LogP) is 1.81. The number of nitrogens with zero attached hydrogens (tertiary/aromatic N) is 4. The van der Waals surface area contributed by atoms with E-state index in [1.807, 2.05) is 18.0 Å². The van der Waals surface area contributed by atoms with Crippen LogP contribution in [0.1, 0.15) is 30.0 Å². The van der Waals surface area contributed by atoms with E-state index in [9.17, 15) is 4.79 Å². The van der Waals surface area contributed by atoms with Gasteiger partial charge in [0.2, 0.25) is 5.91 Å². The molecule has 0 radical (unpaired) electrons. The maximum atomic E-state index is 12.4. The topological polar surface area (TPSA) is 51.0 Å². The van der Waals surface area contributed by atoms with Crippen molar-refractivity contribution in [1.82, 2.24) is 19.7 Å². The molecule has 2 aromatic rings. The van der Waals surface area contributed by atoms with Crippen LogP contribution >= 0.6 is 0 Å². The Morgan fingerprint density at radius 3 is 3.10 bits per heavy atom. The highest BCUT2D eigenvalue weighted by Gasteiger charge is 2.26. The number of aromatic nitrogens is 3. The van der Waals surface area contributed by atoms with E-state index in [-0.39, 0.29) is 18.5 Å². The Balaban J connectivity index is 1.77. The highest BCUT2D eigenvalue weighted by Crippen LogP contribution is 2.33. The van der Waals surface area contributed by atoms with E-state index >= 15 is 0 Å². The van der Waals surface area contributed by atoms with E-state index in [2.05, 4.69) is 28.3 Å². The van der Waals surface area contributed by atoms with Gasteiger partial charge in [0.05, 0.1) is 6.04 Å². The van der Waals surface area contributed by atoms with Crippen molar-refractivity contribution in [2.24, 2.45) is 0 Å². The van der Waals surface area contributed by atoms with Crippen molar-refractivity contribution < 1.29 is 4.79 Å². The van der Waals surface area contributed by atoms with Gasteiger partial charge in [-0.3, -0.25) is 4.79 Å². The molecule has 104 valence electrons. The summed E-state index contributed by atoms with van der Waals surface area (Å²) < 4.78 is 1.56. The number of carbonyl (C=O) groups excluding carboxylic acids is 1. The van der Waals surface area contributed by atoms with E-state index < -0.39 is 0 Å². The fourth-order valence-corrected chi connectivity index (χ4v) is 2.87. The number of rotatable bonds is 3. The van der Waals surface area contributed by atoms with E-state index in [1.165, 1.54) is 17.5 Å². The van der Waals surface area contributed by atoms with Crippen LogP contribution in [0.5, 0.6) is 0 Å². The normalized spacial score (nSPS) is 17.6. The molecule has 20 heavy (non-hydrogen) atoms. The second-order valence-electron chi connectivity index (χ2n) is 5.20. The molecule has 3 rings (SSSR count). The Hall–Kier alpha value is -2.17. The lowest BCUT2D eigenvalue weighted by Gasteiger charge is -2.33. The van der Waals surface area contributed by atoms with Gasteiger partial charge in [-0.25, -0.2) is 9.67 Å². The Morgan fingerprint density at radius 2 is 2.30 bits per heavy atom. The van der Waals surface area contributed by atoms with Gasteiger partial charge in [0, 0.05) is 7.05 Å². The number of amides is 1. The molecule has 1 aromatic carbocycles. The minimum Gasteiger partial charge on any atom is -0.337 e. The summed E-state index contributed by atoms with van der Waals surface area (Å²) >= 11 is 0. The summed E-state index contributed by atoms with van der Waals surface area (Å²) in [4.78, 5) is 18.1. The lowest BCUT2D eigenvalue weighted by molar-refractivity contribution is -0.133. The zero-order valence-electron chi connectivity index (χ0n) is 11.6. The summed E-state index contributed by atoms with van der Waals surface area (Å²) in [5.41, 5.74) is 2.65. The Kier molecular flexibility index (Phi) is 3.50. The number of fused-ring (bicyclic) bond motifs is 1. The zero-order valence-corrected chi connectivity index (χ0v) is 11.6. The van der Waals surface area contributed by atoms with Crippen molar-refractivity contribution in [3.05, 3.63) is 48.0 Å². The van der Waals surface area contributed by atoms with Crippen molar-refractivity contribution in [3.8, 4) is 0 Å². The first kappa shape index (κ1) is 12.8. The first-order chi connectivity index (χ1) is 9.75. The lowest BCUT2D eigenvalue weighted by Crippen LogP contribution is -2.35. The number of likely N-dealkylation sites (N-methyl/N-ethyl adjacent to an activating group) is 1. The van der Waals surface area contributed by atoms with Gasteiger partial charge in [0.15, 0.2) is 0 Å². The van der Waals surface area contributed by atoms with Crippen LogP contribution in [-0.4, -0.2) is 32.6 Å². The minimum absolute atomic E-state index is 0.0669. The number of hydrogen-bond acceptors (Lipinski definition) is 3. The molecule has 0 spiro atoms. The molecule has 0 N–H and O–H groups in total. The van der Waals surface area contributed by atoms with E-state index in [0.29, 0.717) is 0 Å². The van der Waals surface area contributed by atoms with Crippen LogP contribution in [-0.2, 0) is 17.8 Å². The summed E-state index contributed by atoms with van der Waals surface area (Å²) in [5.74, 6) is 0.0669. The largest absolute Gasteiger partial charge is 0.337 e. The van der Waals surface area contributed by atoms with Gasteiger partial charge in [-0.2, -0.15) is 5.10 Å². The molecule has 1 atom stereocenters. The smallest absolute Gasteiger partial charge is 0.244 e. The Bertz CT molecular complexity index is 594. The molecule has 0 fully saturated rings. The molecule has 1 aliphatic carbocycles. The van der Waals surface area contributed by atoms with Gasteiger partial charge in [-0.1, -0.05) is 24.3 Å². The van der Waals surface area contributed by atoms with Gasteiger partial charge in [-0.15, -0.1) is 0 Å². The van der Waals surface area contributed by atoms with Crippen molar-refractivity contribution in [3.63, 3.8) is 0 Å². The average Bonchev–Trinajstić information content (AvgIpc) is 2.99. The first-order valence-electron chi connectivity index (χ1n) is 6.91. The molecular formula is C15H18N4O. The molecule has 1 unspecified atom stereocenters. The third kappa shape index (κ3) is 2.43. The number of carbonyl (C=O) groups is 1. The first-order valence-corrected chi connectivity index (χ1v) is 6.91. The highest BCUT2D eigenvalue weighted by atomic mass is 16.2. The minimum atomic E-state index is 0.0669. The molecule has 0 aliphatic heterocycles. The maximum absolute atomic E-state index is 12.4. The van der Waals surface area contributed by atoms with Gasteiger partial charge < -0.3 is 4.90 Å². The Morgan fingerprint density at radius 1 is 1.45 bits per heavy atom. The molecule has 5 heteroatoms. The van der Waals surface area contributed by atoms with Gasteiger partial charge in [-0.05, 0) is 30.4 Å². The third-order valence-electron chi connectivity index (χ3n) is 3.96. The number of aryl methyl sites for hydroxylation is 1. The molecular weight excluding hydrogens is 252 g/mol. The summed E-state index contributed by atoms with van der Waals surface area (Å²) in [6.45, 7) is 0.245. The lowest BCUT2D eigenvalue weighted by atomic mass is 9.87. The summed E-state index contributed by atoms with van der Waals surface area (Å²) in [6, 6.07) is 8.59. The van der Waals surface area contributed by atoms with Crippen molar-refractivity contribution in [1.29, 1.82) is 0 Å². The second kappa shape index (κ2) is 5.45. The number of benzene rings is 1. The average molecular weight is 270 g/mol. The molecule has 0 saturated carbocycles. The molecule has 1 aromatic heterocycles. The van der Waals surface area contributed by atoms with E-state index in [1.54, 1.807) is 11.0 Å². The van der Waals surface area contributed by atoms with Crippen molar-refractivity contribution in [2.75, 3.05) is 7.05 Å². The maximum Gasteiger partial charge on any atom is 0.244 e. The number of hydrogen-bond donors (Lipinski definition) is 0. The summed E-state index contributed by atoms with van der Waals surface area (Å²) in [7, 11) is 1.88. The van der Waals surface area contributed by atoms with Gasteiger partial charge in [0.1, 0.15) is 19.2 Å². The standard InChI is InChI=1S/C15H18N4O/c1-18(15(20)9-19-11-16-10-17-19)14-8-4-6-12-5-2-3-7-13(12)14/h2-3,5,7,10-11,14H,4,6,8-9H2,1H3. The van der Waals surface area contributed by atoms with Crippen molar-refractivity contribution in [2.45, 2.75) is 31.8 Å². The van der Waals surface area contributed by atoms with E-state index in [4.69, 9.17) is 0 Å². The fourth-order valence-electron chi connectivity index (χ4n) is 2.87. The van der Waals surface area contributed by atoms with Crippen molar-refractivity contribution >= 4 is 5.91 Å². The zero-order chi connectivity index (χ0) is 13.9. The van der Waals surface area contributed by atoms with Gasteiger partial charge in [0.25, 0.3) is 0 Å². The van der Waals surface area contributed by atoms with Crippen LogP contribution in [0.2, 0.25) is 0 Å². The Labute approximate surface area is 118 Å². The third-order valence-corrected chi connectivity index (χ3v) is 3.96. The second-order valence-corrected chi connectivity index (χ2v) is 5.20. The summed E-state index contributed by atoms with van der Waals surface area (Å²) in [5, 5.41) is 3.99. The van der Waals surface area contributed by atoms with Crippen LogP contribution in [0.3, 0.4) is 0 Å². The fraction of sp³-hybridized carbons (Fsp3) is 0.400. The predicted molar refractivity (Wildman–Crippen MR) is 74.9 cm³/mol. The van der Waals surface area contributed by atoms with Crippen LogP contribution < -0.4 is 0 Å².